The van der Waals surface area contributed by atoms with E-state index >= 15 is 0 Å². The van der Waals surface area contributed by atoms with Gasteiger partial charge in [-0.1, -0.05) is 12.1 Å². The van der Waals surface area contributed by atoms with Gasteiger partial charge >= 0.3 is 0 Å². The quantitative estimate of drug-likeness (QED) is 0.826. The lowest BCUT2D eigenvalue weighted by atomic mass is 10.0. The van der Waals surface area contributed by atoms with Crippen LogP contribution in [0.5, 0.6) is 0 Å². The number of amides is 2. The number of rotatable bonds is 3. The predicted octanol–water partition coefficient (Wildman–Crippen LogP) is 0.739. The number of aliphatic hydroxyl groups excluding tert-OH is 1. The topological polar surface area (TPSA) is 60.9 Å². The molecule has 1 unspecified atom stereocenters. The summed E-state index contributed by atoms with van der Waals surface area (Å²) < 4.78 is 0. The molecule has 0 saturated carbocycles. The number of benzene rings is 1. The number of hydrogen-bond acceptors (Lipinski definition) is 4. The smallest absolute Gasteiger partial charge is 0.261 e. The van der Waals surface area contributed by atoms with Crippen molar-refractivity contribution in [2.24, 2.45) is 0 Å². The van der Waals surface area contributed by atoms with Gasteiger partial charge in [-0.3, -0.25) is 19.4 Å². The van der Waals surface area contributed by atoms with Gasteiger partial charge in [0.25, 0.3) is 11.8 Å². The molecule has 2 aliphatic heterocycles. The fourth-order valence-electron chi connectivity index (χ4n) is 3.13. The molecule has 1 N–H and O–H groups in total. The number of hydrogen-bond donors (Lipinski definition) is 1. The highest BCUT2D eigenvalue weighted by atomic mass is 16.3. The summed E-state index contributed by atoms with van der Waals surface area (Å²) >= 11 is 0. The molecule has 1 atom stereocenters. The van der Waals surface area contributed by atoms with Crippen LogP contribution in [-0.2, 0) is 0 Å². The van der Waals surface area contributed by atoms with Crippen LogP contribution in [0, 0.1) is 0 Å². The first-order valence-corrected chi connectivity index (χ1v) is 7.02. The van der Waals surface area contributed by atoms with Crippen molar-refractivity contribution in [3.8, 4) is 0 Å². The Kier molecular flexibility index (Phi) is 3.54. The minimum atomic E-state index is -0.179. The first kappa shape index (κ1) is 13.3. The van der Waals surface area contributed by atoms with Gasteiger partial charge in [-0.15, -0.1) is 0 Å². The summed E-state index contributed by atoms with van der Waals surface area (Å²) in [5, 5.41) is 9.03. The van der Waals surface area contributed by atoms with Crippen molar-refractivity contribution in [1.82, 2.24) is 9.80 Å². The second kappa shape index (κ2) is 5.34. The maximum Gasteiger partial charge on any atom is 0.261 e. The number of piperidine rings is 1. The largest absolute Gasteiger partial charge is 0.395 e. The van der Waals surface area contributed by atoms with Gasteiger partial charge in [0.1, 0.15) is 0 Å². The Labute approximate surface area is 117 Å². The average molecular weight is 274 g/mol. The molecule has 106 valence electrons. The van der Waals surface area contributed by atoms with E-state index in [1.54, 1.807) is 24.3 Å². The Bertz CT molecular complexity index is 507. The first-order chi connectivity index (χ1) is 9.72. The van der Waals surface area contributed by atoms with E-state index in [9.17, 15) is 9.59 Å². The molecule has 0 aromatic heterocycles. The Morgan fingerprint density at radius 2 is 1.80 bits per heavy atom. The summed E-state index contributed by atoms with van der Waals surface area (Å²) in [6.07, 6.45) is 1.78. The van der Waals surface area contributed by atoms with Gasteiger partial charge in [0.05, 0.1) is 23.8 Å². The molecule has 1 saturated heterocycles. The summed E-state index contributed by atoms with van der Waals surface area (Å²) in [5.41, 5.74) is 1.02. The standard InChI is InChI=1S/C15H18N2O3/c18-9-8-16-7-3-4-11(10-16)17-14(19)12-5-1-2-6-13(12)15(17)20/h1-2,5-6,11,18H,3-4,7-10H2. The summed E-state index contributed by atoms with van der Waals surface area (Å²) in [7, 11) is 0. The van der Waals surface area contributed by atoms with E-state index in [4.69, 9.17) is 5.11 Å². The van der Waals surface area contributed by atoms with Crippen molar-refractivity contribution in [2.75, 3.05) is 26.2 Å². The maximum absolute atomic E-state index is 12.4. The van der Waals surface area contributed by atoms with Crippen LogP contribution < -0.4 is 0 Å². The zero-order chi connectivity index (χ0) is 14.1. The highest BCUT2D eigenvalue weighted by Crippen LogP contribution is 2.27. The number of fused-ring (bicyclic) bond motifs is 1. The van der Waals surface area contributed by atoms with Crippen LogP contribution in [0.2, 0.25) is 0 Å². The molecule has 2 heterocycles. The Morgan fingerprint density at radius 3 is 2.40 bits per heavy atom. The van der Waals surface area contributed by atoms with Crippen LogP contribution in [0.4, 0.5) is 0 Å². The van der Waals surface area contributed by atoms with Gasteiger partial charge in [0, 0.05) is 13.1 Å². The highest BCUT2D eigenvalue weighted by molar-refractivity contribution is 6.21. The fraction of sp³-hybridized carbons (Fsp3) is 0.467. The van der Waals surface area contributed by atoms with E-state index in [1.807, 2.05) is 0 Å². The molecule has 20 heavy (non-hydrogen) atoms. The lowest BCUT2D eigenvalue weighted by Crippen LogP contribution is -2.50. The number of imide groups is 1. The molecule has 5 nitrogen and oxygen atoms in total. The maximum atomic E-state index is 12.4. The van der Waals surface area contributed by atoms with Crippen LogP contribution in [0.15, 0.2) is 24.3 Å². The van der Waals surface area contributed by atoms with E-state index < -0.39 is 0 Å². The van der Waals surface area contributed by atoms with Crippen LogP contribution in [0.25, 0.3) is 0 Å². The van der Waals surface area contributed by atoms with Crippen molar-refractivity contribution in [2.45, 2.75) is 18.9 Å². The van der Waals surface area contributed by atoms with Crippen molar-refractivity contribution >= 4 is 11.8 Å². The summed E-state index contributed by atoms with van der Waals surface area (Å²) in [6.45, 7) is 2.28. The van der Waals surface area contributed by atoms with E-state index in [0.717, 1.165) is 19.4 Å². The number of carbonyl (C=O) groups excluding carboxylic acids is 2. The second-order valence-electron chi connectivity index (χ2n) is 5.35. The lowest BCUT2D eigenvalue weighted by Gasteiger charge is -2.36. The van der Waals surface area contributed by atoms with Crippen LogP contribution in [0.3, 0.4) is 0 Å². The van der Waals surface area contributed by atoms with E-state index in [0.29, 0.717) is 24.2 Å². The molecule has 0 spiro atoms. The first-order valence-electron chi connectivity index (χ1n) is 7.02. The molecule has 0 aliphatic carbocycles. The minimum Gasteiger partial charge on any atom is -0.395 e. The average Bonchev–Trinajstić information content (AvgIpc) is 2.72. The zero-order valence-corrected chi connectivity index (χ0v) is 11.3. The molecule has 1 fully saturated rings. The second-order valence-corrected chi connectivity index (χ2v) is 5.35. The van der Waals surface area contributed by atoms with Crippen molar-refractivity contribution < 1.29 is 14.7 Å². The van der Waals surface area contributed by atoms with E-state index in [1.165, 1.54) is 4.90 Å². The lowest BCUT2D eigenvalue weighted by molar-refractivity contribution is 0.0466. The van der Waals surface area contributed by atoms with E-state index in [-0.39, 0.29) is 24.5 Å². The summed E-state index contributed by atoms with van der Waals surface area (Å²) in [5.74, 6) is -0.358. The van der Waals surface area contributed by atoms with Crippen LogP contribution in [0.1, 0.15) is 33.6 Å². The summed E-state index contributed by atoms with van der Waals surface area (Å²) in [4.78, 5) is 28.3. The number of aliphatic hydroxyl groups is 1. The molecule has 0 bridgehead atoms. The third-order valence-corrected chi connectivity index (χ3v) is 4.09. The molecule has 1 aromatic carbocycles. The highest BCUT2D eigenvalue weighted by Gasteiger charge is 2.40. The number of β-amino-alcohol motifs (C(OH)–C–C–N with tert-alkyl or cyclic N) is 1. The van der Waals surface area contributed by atoms with Crippen molar-refractivity contribution in [3.05, 3.63) is 35.4 Å². The SMILES string of the molecule is O=C1c2ccccc2C(=O)N1C1CCCN(CCO)C1. The van der Waals surface area contributed by atoms with Crippen molar-refractivity contribution in [1.29, 1.82) is 0 Å². The molecule has 1 aromatic rings. The predicted molar refractivity (Wildman–Crippen MR) is 73.5 cm³/mol. The number of carbonyl (C=O) groups is 2. The Hall–Kier alpha value is -1.72. The zero-order valence-electron chi connectivity index (χ0n) is 11.3. The number of nitrogens with zero attached hydrogens (tertiary/aromatic N) is 2. The fourth-order valence-corrected chi connectivity index (χ4v) is 3.13. The third-order valence-electron chi connectivity index (χ3n) is 4.09. The minimum absolute atomic E-state index is 0.0808. The van der Waals surface area contributed by atoms with Crippen LogP contribution in [-0.4, -0.2) is 59.0 Å². The normalized spacial score (nSPS) is 23.2. The molecule has 2 amide bonds. The molecular formula is C15H18N2O3. The third kappa shape index (κ3) is 2.13. The Balaban J connectivity index is 1.82. The van der Waals surface area contributed by atoms with Gasteiger partial charge in [-0.05, 0) is 31.5 Å². The van der Waals surface area contributed by atoms with Gasteiger partial charge in [0.15, 0.2) is 0 Å². The molecule has 2 aliphatic rings. The Morgan fingerprint density at radius 1 is 1.15 bits per heavy atom. The molecular weight excluding hydrogens is 256 g/mol. The van der Waals surface area contributed by atoms with Crippen LogP contribution >= 0.6 is 0 Å². The number of likely N-dealkylation sites (tertiary alicyclic amines) is 1. The van der Waals surface area contributed by atoms with Gasteiger partial charge in [-0.25, -0.2) is 0 Å². The molecule has 3 rings (SSSR count). The van der Waals surface area contributed by atoms with Gasteiger partial charge in [-0.2, -0.15) is 0 Å². The molecule has 0 radical (unpaired) electrons. The molecule has 5 heteroatoms. The van der Waals surface area contributed by atoms with Crippen molar-refractivity contribution in [3.63, 3.8) is 0 Å². The summed E-state index contributed by atoms with van der Waals surface area (Å²) in [6, 6.07) is 6.91. The van der Waals surface area contributed by atoms with Gasteiger partial charge < -0.3 is 5.11 Å². The van der Waals surface area contributed by atoms with E-state index in [2.05, 4.69) is 4.90 Å². The monoisotopic (exact) mass is 274 g/mol. The van der Waals surface area contributed by atoms with Gasteiger partial charge in [0.2, 0.25) is 0 Å².